The Labute approximate surface area is 280 Å². The smallest absolute Gasteiger partial charge is 0.291 e. The molecule has 1 aromatic carbocycles. The van der Waals surface area contributed by atoms with Gasteiger partial charge in [-0.15, -0.1) is 0 Å². The zero-order valence-electron chi connectivity index (χ0n) is 27.9. The SMILES string of the molecule is CNc1nc(-c2cnc(C(=O)Nc3cccc(F)c3N3CCC(CN)CC3)[nH]2)cc(N2CCC(COC)(C(=O)NC3CCCCC3)C2)n1. The molecule has 1 unspecified atom stereocenters. The van der Waals surface area contributed by atoms with Crippen molar-refractivity contribution in [3.05, 3.63) is 42.1 Å². The van der Waals surface area contributed by atoms with E-state index in [1.807, 2.05) is 11.0 Å². The number of carbonyl (C=O) groups excluding carboxylic acids is 2. The minimum atomic E-state index is -0.688. The first-order valence-electron chi connectivity index (χ1n) is 17.0. The van der Waals surface area contributed by atoms with Gasteiger partial charge in [0.15, 0.2) is 5.82 Å². The van der Waals surface area contributed by atoms with Crippen LogP contribution < -0.4 is 31.5 Å². The number of hydrogen-bond acceptors (Lipinski definition) is 10. The van der Waals surface area contributed by atoms with Gasteiger partial charge in [-0.25, -0.2) is 14.4 Å². The van der Waals surface area contributed by atoms with E-state index in [2.05, 4.69) is 35.8 Å². The molecule has 6 rings (SSSR count). The number of methoxy groups -OCH3 is 1. The van der Waals surface area contributed by atoms with Crippen LogP contribution in [0, 0.1) is 17.2 Å². The number of nitrogens with one attached hydrogen (secondary N) is 4. The summed E-state index contributed by atoms with van der Waals surface area (Å²) < 4.78 is 20.7. The molecule has 1 aliphatic carbocycles. The van der Waals surface area contributed by atoms with Crippen molar-refractivity contribution in [2.45, 2.75) is 57.4 Å². The second-order valence-corrected chi connectivity index (χ2v) is 13.3. The summed E-state index contributed by atoms with van der Waals surface area (Å²) in [5, 5.41) is 9.18. The van der Waals surface area contributed by atoms with Crippen LogP contribution in [0.15, 0.2) is 30.5 Å². The van der Waals surface area contributed by atoms with Crippen molar-refractivity contribution >= 4 is 35.0 Å². The first-order chi connectivity index (χ1) is 23.3. The number of aromatic nitrogens is 4. The Balaban J connectivity index is 1.18. The predicted molar refractivity (Wildman–Crippen MR) is 184 cm³/mol. The number of piperidine rings is 1. The number of amides is 2. The molecule has 14 heteroatoms. The van der Waals surface area contributed by atoms with Crippen molar-refractivity contribution in [3.8, 4) is 11.4 Å². The molecular formula is C34H47FN10O3. The summed E-state index contributed by atoms with van der Waals surface area (Å²) in [6.07, 6.45) is 9.45. The topological polar surface area (TPSA) is 166 Å². The third-order valence-electron chi connectivity index (χ3n) is 10.0. The van der Waals surface area contributed by atoms with Gasteiger partial charge in [0.2, 0.25) is 11.9 Å². The fourth-order valence-corrected chi connectivity index (χ4v) is 7.22. The van der Waals surface area contributed by atoms with Gasteiger partial charge in [-0.05, 0) is 56.7 Å². The summed E-state index contributed by atoms with van der Waals surface area (Å²) in [6, 6.07) is 6.72. The van der Waals surface area contributed by atoms with Gasteiger partial charge < -0.3 is 41.2 Å². The van der Waals surface area contributed by atoms with Crippen LogP contribution in [0.25, 0.3) is 11.4 Å². The number of imidazole rings is 1. The highest BCUT2D eigenvalue weighted by Crippen LogP contribution is 2.36. The number of halogens is 1. The van der Waals surface area contributed by atoms with E-state index in [4.69, 9.17) is 15.5 Å². The first-order valence-corrected chi connectivity index (χ1v) is 17.0. The average Bonchev–Trinajstić information content (AvgIpc) is 3.78. The molecule has 3 aliphatic rings. The minimum Gasteiger partial charge on any atom is -0.383 e. The Morgan fingerprint density at radius 3 is 2.62 bits per heavy atom. The minimum absolute atomic E-state index is 0.0348. The molecule has 0 spiro atoms. The van der Waals surface area contributed by atoms with E-state index in [0.717, 1.165) is 38.5 Å². The van der Waals surface area contributed by atoms with Gasteiger partial charge in [-0.3, -0.25) is 9.59 Å². The van der Waals surface area contributed by atoms with E-state index in [-0.39, 0.29) is 17.8 Å². The summed E-state index contributed by atoms with van der Waals surface area (Å²) in [4.78, 5) is 47.8. The van der Waals surface area contributed by atoms with Gasteiger partial charge in [-0.1, -0.05) is 25.3 Å². The lowest BCUT2D eigenvalue weighted by Gasteiger charge is -2.34. The molecule has 2 saturated heterocycles. The molecule has 48 heavy (non-hydrogen) atoms. The third-order valence-corrected chi connectivity index (χ3v) is 10.0. The normalized spacial score (nSPS) is 20.6. The van der Waals surface area contributed by atoms with Crippen LogP contribution >= 0.6 is 0 Å². The second-order valence-electron chi connectivity index (χ2n) is 13.3. The van der Waals surface area contributed by atoms with Crippen LogP contribution in [0.2, 0.25) is 0 Å². The van der Waals surface area contributed by atoms with Gasteiger partial charge >= 0.3 is 0 Å². The molecule has 2 aromatic heterocycles. The van der Waals surface area contributed by atoms with E-state index in [1.54, 1.807) is 32.5 Å². The molecule has 0 radical (unpaired) electrons. The summed E-state index contributed by atoms with van der Waals surface area (Å²) in [5.74, 6) is 0.664. The Morgan fingerprint density at radius 1 is 1.10 bits per heavy atom. The highest BCUT2D eigenvalue weighted by molar-refractivity contribution is 6.04. The predicted octanol–water partition coefficient (Wildman–Crippen LogP) is 3.77. The standard InChI is InChI=1S/C34H47FN10O3/c1-37-33-42-26(17-28(43-33)45-16-13-34(20-45,21-48-2)32(47)39-23-7-4-3-5-8-23)27-19-38-30(40-27)31(46)41-25-10-6-9-24(35)29(25)44-14-11-22(18-36)12-15-44/h6,9-10,17,19,22-23H,3-5,7-8,11-16,18,20-21,36H2,1-2H3,(H,38,40)(H,39,47)(H,41,46)(H,37,42,43). The van der Waals surface area contributed by atoms with Crippen molar-refractivity contribution in [2.75, 3.05) is 73.9 Å². The van der Waals surface area contributed by atoms with Crippen LogP contribution in [-0.4, -0.2) is 91.3 Å². The van der Waals surface area contributed by atoms with Gasteiger partial charge in [0.1, 0.15) is 11.6 Å². The van der Waals surface area contributed by atoms with Gasteiger partial charge in [0.25, 0.3) is 5.91 Å². The quantitative estimate of drug-likeness (QED) is 0.204. The molecule has 258 valence electrons. The molecule has 1 saturated carbocycles. The van der Waals surface area contributed by atoms with Crippen LogP contribution in [0.1, 0.15) is 62.0 Å². The zero-order valence-corrected chi connectivity index (χ0v) is 27.9. The van der Waals surface area contributed by atoms with E-state index in [0.29, 0.717) is 86.2 Å². The molecule has 2 amide bonds. The molecule has 1 atom stereocenters. The summed E-state index contributed by atoms with van der Waals surface area (Å²) >= 11 is 0. The molecule has 4 heterocycles. The molecule has 2 aliphatic heterocycles. The summed E-state index contributed by atoms with van der Waals surface area (Å²) in [6.45, 7) is 3.33. The number of H-pyrrole nitrogens is 1. The van der Waals surface area contributed by atoms with Gasteiger partial charge in [0.05, 0.1) is 41.0 Å². The van der Waals surface area contributed by atoms with E-state index >= 15 is 4.39 Å². The Bertz CT molecular complexity index is 1590. The summed E-state index contributed by atoms with van der Waals surface area (Å²) in [5.41, 5.74) is 6.95. The zero-order chi connectivity index (χ0) is 33.7. The summed E-state index contributed by atoms with van der Waals surface area (Å²) in [7, 11) is 3.37. The maximum absolute atomic E-state index is 15.1. The van der Waals surface area contributed by atoms with E-state index in [9.17, 15) is 9.59 Å². The number of carbonyl (C=O) groups is 2. The first kappa shape index (κ1) is 33.6. The highest BCUT2D eigenvalue weighted by atomic mass is 19.1. The molecule has 3 aromatic rings. The monoisotopic (exact) mass is 662 g/mol. The molecule has 6 N–H and O–H groups in total. The maximum atomic E-state index is 15.1. The largest absolute Gasteiger partial charge is 0.383 e. The van der Waals surface area contributed by atoms with Crippen molar-refractivity contribution < 1.29 is 18.7 Å². The number of ether oxygens (including phenoxy) is 1. The van der Waals surface area contributed by atoms with Crippen molar-refractivity contribution in [1.29, 1.82) is 0 Å². The lowest BCUT2D eigenvalue weighted by Crippen LogP contribution is -2.49. The Morgan fingerprint density at radius 2 is 1.90 bits per heavy atom. The number of nitrogens with zero attached hydrogens (tertiary/aromatic N) is 5. The molecule has 3 fully saturated rings. The van der Waals surface area contributed by atoms with Crippen molar-refractivity contribution in [3.63, 3.8) is 0 Å². The average molecular weight is 663 g/mol. The highest BCUT2D eigenvalue weighted by Gasteiger charge is 2.46. The van der Waals surface area contributed by atoms with Gasteiger partial charge in [-0.2, -0.15) is 4.98 Å². The molecular weight excluding hydrogens is 615 g/mol. The number of hydrogen-bond donors (Lipinski definition) is 5. The van der Waals surface area contributed by atoms with Crippen LogP contribution in [-0.2, 0) is 9.53 Å². The fraction of sp³-hybridized carbons (Fsp3) is 0.559. The number of nitrogens with two attached hydrogens (primary N) is 1. The maximum Gasteiger partial charge on any atom is 0.291 e. The van der Waals surface area contributed by atoms with Crippen LogP contribution in [0.4, 0.5) is 27.5 Å². The fourth-order valence-electron chi connectivity index (χ4n) is 7.22. The lowest BCUT2D eigenvalue weighted by atomic mass is 9.85. The number of aromatic amines is 1. The lowest BCUT2D eigenvalue weighted by molar-refractivity contribution is -0.133. The molecule has 13 nitrogen and oxygen atoms in total. The second kappa shape index (κ2) is 14.9. The van der Waals surface area contributed by atoms with E-state index in [1.165, 1.54) is 12.5 Å². The Hall–Kier alpha value is -4.30. The third kappa shape index (κ3) is 7.24. The Kier molecular flexibility index (Phi) is 10.4. The number of para-hydroxylation sites is 1. The van der Waals surface area contributed by atoms with Crippen molar-refractivity contribution in [1.82, 2.24) is 25.3 Å². The van der Waals surface area contributed by atoms with Crippen molar-refractivity contribution in [2.24, 2.45) is 17.1 Å². The van der Waals surface area contributed by atoms with Crippen LogP contribution in [0.3, 0.4) is 0 Å². The number of anilines is 4. The van der Waals surface area contributed by atoms with E-state index < -0.39 is 17.1 Å². The number of benzene rings is 1. The number of rotatable bonds is 11. The van der Waals surface area contributed by atoms with Gasteiger partial charge in [0, 0.05) is 52.4 Å². The van der Waals surface area contributed by atoms with Crippen LogP contribution in [0.5, 0.6) is 0 Å². The molecule has 0 bridgehead atoms.